The minimum Gasteiger partial charge on any atom is -0.447 e. The van der Waals surface area contributed by atoms with Crippen molar-refractivity contribution in [3.8, 4) is 0 Å². The number of hydrogen-bond acceptors (Lipinski definition) is 5. The first kappa shape index (κ1) is 14.5. The first-order valence-electron chi connectivity index (χ1n) is 6.40. The van der Waals surface area contributed by atoms with Gasteiger partial charge in [-0.25, -0.2) is 8.42 Å². The van der Waals surface area contributed by atoms with Crippen molar-refractivity contribution >= 4 is 10.0 Å². The standard InChI is InChI=1S/C12H21N3O3S/c1-14-7-5-10(6-8-14)15(2)19(16,17)12-4-3-11(9-13)18-12/h3-4,10H,5-9,13H2,1-2H3. The van der Waals surface area contributed by atoms with Crippen LogP contribution in [0.25, 0.3) is 0 Å². The van der Waals surface area contributed by atoms with Gasteiger partial charge in [0.15, 0.2) is 0 Å². The van der Waals surface area contributed by atoms with Crippen LogP contribution in [0, 0.1) is 0 Å². The number of nitrogens with zero attached hydrogens (tertiary/aromatic N) is 2. The Morgan fingerprint density at radius 3 is 2.58 bits per heavy atom. The highest BCUT2D eigenvalue weighted by molar-refractivity contribution is 7.89. The lowest BCUT2D eigenvalue weighted by Gasteiger charge is -2.33. The highest BCUT2D eigenvalue weighted by Gasteiger charge is 2.32. The van der Waals surface area contributed by atoms with E-state index >= 15 is 0 Å². The third-order valence-corrected chi connectivity index (χ3v) is 5.46. The summed E-state index contributed by atoms with van der Waals surface area (Å²) in [6.07, 6.45) is 1.69. The highest BCUT2D eigenvalue weighted by Crippen LogP contribution is 2.23. The molecule has 108 valence electrons. The summed E-state index contributed by atoms with van der Waals surface area (Å²) in [7, 11) is 0.115. The summed E-state index contributed by atoms with van der Waals surface area (Å²) in [4.78, 5) is 2.20. The molecule has 1 aromatic heterocycles. The molecule has 19 heavy (non-hydrogen) atoms. The molecule has 1 aromatic rings. The van der Waals surface area contributed by atoms with Gasteiger partial charge in [0.25, 0.3) is 10.0 Å². The molecule has 1 aliphatic heterocycles. The Balaban J connectivity index is 2.14. The summed E-state index contributed by atoms with van der Waals surface area (Å²) in [6, 6.07) is 3.12. The second-order valence-corrected chi connectivity index (χ2v) is 6.91. The lowest BCUT2D eigenvalue weighted by Crippen LogP contribution is -2.44. The molecule has 0 aromatic carbocycles. The fourth-order valence-corrected chi connectivity index (χ4v) is 3.64. The van der Waals surface area contributed by atoms with Crippen molar-refractivity contribution in [1.29, 1.82) is 0 Å². The molecule has 1 fully saturated rings. The van der Waals surface area contributed by atoms with Gasteiger partial charge in [-0.2, -0.15) is 4.31 Å². The van der Waals surface area contributed by atoms with Crippen molar-refractivity contribution in [3.05, 3.63) is 17.9 Å². The molecule has 2 rings (SSSR count). The average Bonchev–Trinajstić information content (AvgIpc) is 2.88. The Bertz CT molecular complexity index is 518. The largest absolute Gasteiger partial charge is 0.447 e. The van der Waals surface area contributed by atoms with E-state index in [4.69, 9.17) is 10.2 Å². The van der Waals surface area contributed by atoms with Crippen LogP contribution in [-0.4, -0.2) is 50.8 Å². The topological polar surface area (TPSA) is 79.8 Å². The van der Waals surface area contributed by atoms with Crippen LogP contribution in [0.3, 0.4) is 0 Å². The lowest BCUT2D eigenvalue weighted by atomic mass is 10.1. The minimum absolute atomic E-state index is 0.0191. The van der Waals surface area contributed by atoms with Crippen LogP contribution in [0.5, 0.6) is 0 Å². The SMILES string of the molecule is CN1CCC(N(C)S(=O)(=O)c2ccc(CN)o2)CC1. The molecule has 7 heteroatoms. The summed E-state index contributed by atoms with van der Waals surface area (Å²) in [5.41, 5.74) is 5.43. The second-order valence-electron chi connectivity index (χ2n) is 4.98. The third-order valence-electron chi connectivity index (χ3n) is 3.67. The molecule has 0 aliphatic carbocycles. The number of rotatable bonds is 4. The molecule has 0 bridgehead atoms. The Hall–Kier alpha value is -0.890. The summed E-state index contributed by atoms with van der Waals surface area (Å²) >= 11 is 0. The van der Waals surface area contributed by atoms with Gasteiger partial charge in [0.1, 0.15) is 5.76 Å². The number of likely N-dealkylation sites (tertiary alicyclic amines) is 1. The zero-order valence-corrected chi connectivity index (χ0v) is 12.2. The zero-order chi connectivity index (χ0) is 14.0. The predicted molar refractivity (Wildman–Crippen MR) is 72.1 cm³/mol. The number of sulfonamides is 1. The molecule has 0 unspecified atom stereocenters. The monoisotopic (exact) mass is 287 g/mol. The van der Waals surface area contributed by atoms with E-state index in [2.05, 4.69) is 4.90 Å². The summed E-state index contributed by atoms with van der Waals surface area (Å²) < 4.78 is 31.5. The van der Waals surface area contributed by atoms with Gasteiger partial charge >= 0.3 is 0 Å². The Morgan fingerprint density at radius 1 is 1.42 bits per heavy atom. The normalized spacial score (nSPS) is 19.2. The van der Waals surface area contributed by atoms with Crippen molar-refractivity contribution in [2.45, 2.75) is 30.5 Å². The van der Waals surface area contributed by atoms with Crippen LogP contribution >= 0.6 is 0 Å². The van der Waals surface area contributed by atoms with Gasteiger partial charge in [-0.15, -0.1) is 0 Å². The van der Waals surface area contributed by atoms with E-state index in [9.17, 15) is 8.42 Å². The summed E-state index contributed by atoms with van der Waals surface area (Å²) in [5.74, 6) is 0.482. The second kappa shape index (κ2) is 5.62. The highest BCUT2D eigenvalue weighted by atomic mass is 32.2. The van der Waals surface area contributed by atoms with Gasteiger partial charge in [0.2, 0.25) is 5.09 Å². The van der Waals surface area contributed by atoms with Crippen molar-refractivity contribution < 1.29 is 12.8 Å². The van der Waals surface area contributed by atoms with E-state index in [-0.39, 0.29) is 17.7 Å². The molecule has 0 radical (unpaired) electrons. The van der Waals surface area contributed by atoms with Gasteiger partial charge in [-0.05, 0) is 45.1 Å². The van der Waals surface area contributed by atoms with Crippen molar-refractivity contribution in [3.63, 3.8) is 0 Å². The number of hydrogen-bond donors (Lipinski definition) is 1. The molecule has 2 heterocycles. The van der Waals surface area contributed by atoms with Crippen LogP contribution in [0.2, 0.25) is 0 Å². The molecule has 0 saturated carbocycles. The van der Waals surface area contributed by atoms with E-state index in [1.54, 1.807) is 13.1 Å². The van der Waals surface area contributed by atoms with Gasteiger partial charge in [0.05, 0.1) is 6.54 Å². The smallest absolute Gasteiger partial charge is 0.276 e. The van der Waals surface area contributed by atoms with Crippen molar-refractivity contribution in [2.24, 2.45) is 5.73 Å². The average molecular weight is 287 g/mol. The van der Waals surface area contributed by atoms with Gasteiger partial charge in [0, 0.05) is 13.1 Å². The molecule has 0 amide bonds. The first-order valence-corrected chi connectivity index (χ1v) is 7.84. The third kappa shape index (κ3) is 3.00. The summed E-state index contributed by atoms with van der Waals surface area (Å²) in [6.45, 7) is 2.03. The van der Waals surface area contributed by atoms with Gasteiger partial charge in [-0.1, -0.05) is 0 Å². The molecular formula is C12H21N3O3S. The van der Waals surface area contributed by atoms with Gasteiger partial charge in [-0.3, -0.25) is 0 Å². The molecule has 2 N–H and O–H groups in total. The Labute approximate surface area is 114 Å². The zero-order valence-electron chi connectivity index (χ0n) is 11.4. The molecule has 1 saturated heterocycles. The Morgan fingerprint density at radius 2 is 2.05 bits per heavy atom. The maximum atomic E-state index is 12.4. The van der Waals surface area contributed by atoms with Crippen LogP contribution in [0.4, 0.5) is 0 Å². The van der Waals surface area contributed by atoms with Crippen LogP contribution in [-0.2, 0) is 16.6 Å². The van der Waals surface area contributed by atoms with E-state index in [1.165, 1.54) is 10.4 Å². The maximum Gasteiger partial charge on any atom is 0.276 e. The van der Waals surface area contributed by atoms with E-state index < -0.39 is 10.0 Å². The van der Waals surface area contributed by atoms with Crippen LogP contribution in [0.1, 0.15) is 18.6 Å². The summed E-state index contributed by atoms with van der Waals surface area (Å²) in [5, 5.41) is -0.0191. The first-order chi connectivity index (χ1) is 8.95. The fraction of sp³-hybridized carbons (Fsp3) is 0.667. The predicted octanol–water partition coefficient (Wildman–Crippen LogP) is 0.453. The number of piperidine rings is 1. The Kier molecular flexibility index (Phi) is 4.29. The van der Waals surface area contributed by atoms with Crippen molar-refractivity contribution in [1.82, 2.24) is 9.21 Å². The number of furan rings is 1. The number of nitrogens with two attached hydrogens (primary N) is 1. The quantitative estimate of drug-likeness (QED) is 0.870. The van der Waals surface area contributed by atoms with Crippen LogP contribution < -0.4 is 5.73 Å². The van der Waals surface area contributed by atoms with E-state index in [1.807, 2.05) is 7.05 Å². The molecular weight excluding hydrogens is 266 g/mol. The molecule has 0 spiro atoms. The minimum atomic E-state index is -3.55. The lowest BCUT2D eigenvalue weighted by molar-refractivity contribution is 0.196. The molecule has 1 aliphatic rings. The van der Waals surface area contributed by atoms with Crippen molar-refractivity contribution in [2.75, 3.05) is 27.2 Å². The fourth-order valence-electron chi connectivity index (χ4n) is 2.30. The molecule has 0 atom stereocenters. The maximum absolute atomic E-state index is 12.4. The molecule has 6 nitrogen and oxygen atoms in total. The van der Waals surface area contributed by atoms with E-state index in [0.717, 1.165) is 25.9 Å². The van der Waals surface area contributed by atoms with Crippen LogP contribution in [0.15, 0.2) is 21.6 Å². The van der Waals surface area contributed by atoms with E-state index in [0.29, 0.717) is 5.76 Å². The van der Waals surface area contributed by atoms with Gasteiger partial charge < -0.3 is 15.1 Å².